The van der Waals surface area contributed by atoms with Crippen molar-refractivity contribution in [3.05, 3.63) is 94.9 Å². The molecular formula is C41H55N9O3. The van der Waals surface area contributed by atoms with Crippen LogP contribution < -0.4 is 24.6 Å². The van der Waals surface area contributed by atoms with Crippen LogP contribution in [-0.2, 0) is 13.1 Å². The zero-order valence-corrected chi connectivity index (χ0v) is 32.3. The van der Waals surface area contributed by atoms with Crippen molar-refractivity contribution in [2.24, 2.45) is 5.92 Å². The second-order valence-electron chi connectivity index (χ2n) is 14.4. The summed E-state index contributed by atoms with van der Waals surface area (Å²) in [7, 11) is 7.63. The summed E-state index contributed by atoms with van der Waals surface area (Å²) in [5.74, 6) is 4.41. The Morgan fingerprint density at radius 2 is 1.49 bits per heavy atom. The number of imidazole rings is 1. The highest BCUT2D eigenvalue weighted by molar-refractivity contribution is 5.66. The van der Waals surface area contributed by atoms with Crippen molar-refractivity contribution >= 4 is 23.2 Å². The van der Waals surface area contributed by atoms with E-state index in [4.69, 9.17) is 29.5 Å². The van der Waals surface area contributed by atoms with Crippen molar-refractivity contribution in [3.63, 3.8) is 0 Å². The van der Waals surface area contributed by atoms with E-state index in [1.54, 1.807) is 31.1 Å². The van der Waals surface area contributed by atoms with Gasteiger partial charge in [-0.05, 0) is 99.6 Å². The number of benzene rings is 2. The van der Waals surface area contributed by atoms with Crippen LogP contribution >= 0.6 is 0 Å². The maximum Gasteiger partial charge on any atom is 0.243 e. The van der Waals surface area contributed by atoms with Crippen LogP contribution in [0.25, 0.3) is 5.65 Å². The lowest BCUT2D eigenvalue weighted by atomic mass is 9.96. The van der Waals surface area contributed by atoms with Gasteiger partial charge in [-0.15, -0.1) is 5.10 Å². The minimum absolute atomic E-state index is 0.182. The highest BCUT2D eigenvalue weighted by Crippen LogP contribution is 2.32. The van der Waals surface area contributed by atoms with Gasteiger partial charge in [-0.2, -0.15) is 4.98 Å². The number of hydrogen-bond donors (Lipinski definition) is 2. The highest BCUT2D eigenvalue weighted by Gasteiger charge is 2.26. The van der Waals surface area contributed by atoms with Crippen LogP contribution in [-0.4, -0.2) is 88.6 Å². The molecule has 1 fully saturated rings. The molecule has 5 aromatic rings. The molecule has 1 saturated heterocycles. The predicted molar refractivity (Wildman–Crippen MR) is 211 cm³/mol. The maximum atomic E-state index is 11.9. The standard InChI is InChI=1S/C41H55N9O3/c1-8-33(9-2)44-41-45-40(49(26-29-10-14-34(52-6)15-11-29)27-30-12-16-35(53-7)17-13-30)39-43-24-36(50(39)46-41)37(51)32-22-28(3)38(42-23-32)48-20-18-31(19-21-48)25-47(4)5/h10-17,22-24,31,33,37,51H,8-9,18-21,25-27H2,1-7H3,(H,44,46). The molecule has 0 amide bonds. The van der Waals surface area contributed by atoms with Gasteiger partial charge in [0.15, 0.2) is 11.5 Å². The van der Waals surface area contributed by atoms with Gasteiger partial charge in [0.2, 0.25) is 5.95 Å². The molecule has 12 nitrogen and oxygen atoms in total. The van der Waals surface area contributed by atoms with Crippen LogP contribution in [0.15, 0.2) is 67.0 Å². The average molecular weight is 722 g/mol. The number of pyridine rings is 1. The summed E-state index contributed by atoms with van der Waals surface area (Å²) in [6, 6.07) is 18.3. The lowest BCUT2D eigenvalue weighted by molar-refractivity contribution is 0.212. The van der Waals surface area contributed by atoms with E-state index < -0.39 is 6.10 Å². The molecule has 0 aliphatic carbocycles. The molecule has 0 radical (unpaired) electrons. The van der Waals surface area contributed by atoms with Crippen molar-refractivity contribution in [1.82, 2.24) is 29.5 Å². The molecule has 1 atom stereocenters. The van der Waals surface area contributed by atoms with E-state index in [2.05, 4.69) is 79.1 Å². The van der Waals surface area contributed by atoms with Gasteiger partial charge in [0.1, 0.15) is 23.4 Å². The van der Waals surface area contributed by atoms with Crippen LogP contribution in [0.3, 0.4) is 0 Å². The Kier molecular flexibility index (Phi) is 12.3. The van der Waals surface area contributed by atoms with Crippen molar-refractivity contribution in [2.45, 2.75) is 71.7 Å². The van der Waals surface area contributed by atoms with Crippen molar-refractivity contribution in [1.29, 1.82) is 0 Å². The molecule has 1 unspecified atom stereocenters. The Morgan fingerprint density at radius 3 is 2.02 bits per heavy atom. The van der Waals surface area contributed by atoms with E-state index in [0.717, 1.165) is 79.3 Å². The average Bonchev–Trinajstić information content (AvgIpc) is 3.60. The minimum Gasteiger partial charge on any atom is -0.497 e. The number of nitrogens with zero attached hydrogens (tertiary/aromatic N) is 8. The largest absolute Gasteiger partial charge is 0.497 e. The number of aromatic nitrogens is 5. The monoisotopic (exact) mass is 721 g/mol. The van der Waals surface area contributed by atoms with Crippen LogP contribution in [0.1, 0.15) is 73.6 Å². The van der Waals surface area contributed by atoms with Gasteiger partial charge in [0.25, 0.3) is 0 Å². The Bertz CT molecular complexity index is 1870. The summed E-state index contributed by atoms with van der Waals surface area (Å²) in [4.78, 5) is 21.7. The third-order valence-corrected chi connectivity index (χ3v) is 10.3. The van der Waals surface area contributed by atoms with Gasteiger partial charge in [-0.3, -0.25) is 0 Å². The first-order valence-electron chi connectivity index (χ1n) is 18.8. The van der Waals surface area contributed by atoms with Crippen LogP contribution in [0.4, 0.5) is 17.6 Å². The predicted octanol–water partition coefficient (Wildman–Crippen LogP) is 6.51. The van der Waals surface area contributed by atoms with Gasteiger partial charge < -0.3 is 34.6 Å². The van der Waals surface area contributed by atoms with Gasteiger partial charge in [0, 0.05) is 50.5 Å². The third kappa shape index (κ3) is 9.00. The van der Waals surface area contributed by atoms with Gasteiger partial charge in [0.05, 0.1) is 26.1 Å². The molecule has 2 N–H and O–H groups in total. The molecule has 2 aromatic carbocycles. The SMILES string of the molecule is CCC(CC)Nc1nc(N(Cc2ccc(OC)cc2)Cc2ccc(OC)cc2)c2ncc(C(O)c3cnc(N4CCC(CN(C)C)CC4)c(C)c3)n2n1. The topological polar surface area (TPSA) is 116 Å². The smallest absolute Gasteiger partial charge is 0.243 e. The van der Waals surface area contributed by atoms with Gasteiger partial charge >= 0.3 is 0 Å². The van der Waals surface area contributed by atoms with Gasteiger partial charge in [-0.25, -0.2) is 14.5 Å². The highest BCUT2D eigenvalue weighted by atomic mass is 16.5. The number of anilines is 3. The molecule has 1 aliphatic heterocycles. The Morgan fingerprint density at radius 1 is 0.887 bits per heavy atom. The first-order chi connectivity index (χ1) is 25.7. The fourth-order valence-corrected chi connectivity index (χ4v) is 7.21. The molecule has 0 spiro atoms. The number of ether oxygens (including phenoxy) is 2. The first-order valence-corrected chi connectivity index (χ1v) is 18.8. The first kappa shape index (κ1) is 37.8. The molecule has 53 heavy (non-hydrogen) atoms. The van der Waals surface area contributed by atoms with Crippen molar-refractivity contribution in [3.8, 4) is 11.5 Å². The molecule has 3 aromatic heterocycles. The number of aliphatic hydroxyl groups excluding tert-OH is 1. The molecule has 4 heterocycles. The van der Waals surface area contributed by atoms with E-state index in [-0.39, 0.29) is 6.04 Å². The Hall–Kier alpha value is -4.94. The van der Waals surface area contributed by atoms with Crippen molar-refractivity contribution < 1.29 is 14.6 Å². The quantitative estimate of drug-likeness (QED) is 0.116. The molecule has 6 rings (SSSR count). The fourth-order valence-electron chi connectivity index (χ4n) is 7.21. The van der Waals surface area contributed by atoms with Gasteiger partial charge in [-0.1, -0.05) is 38.1 Å². The summed E-state index contributed by atoms with van der Waals surface area (Å²) in [5, 5.41) is 20.4. The molecule has 12 heteroatoms. The summed E-state index contributed by atoms with van der Waals surface area (Å²) in [5.41, 5.74) is 5.00. The van der Waals surface area contributed by atoms with Crippen molar-refractivity contribution in [2.75, 3.05) is 63.1 Å². The van der Waals surface area contributed by atoms with E-state index in [0.29, 0.717) is 47.7 Å². The fraction of sp³-hybridized carbons (Fsp3) is 0.463. The van der Waals surface area contributed by atoms with E-state index >= 15 is 0 Å². The van der Waals surface area contributed by atoms with E-state index in [1.807, 2.05) is 30.3 Å². The molecular weight excluding hydrogens is 667 g/mol. The lowest BCUT2D eigenvalue weighted by Gasteiger charge is -2.34. The lowest BCUT2D eigenvalue weighted by Crippen LogP contribution is -2.37. The normalized spacial score (nSPS) is 14.3. The number of methoxy groups -OCH3 is 2. The molecule has 1 aliphatic rings. The van der Waals surface area contributed by atoms with E-state index in [9.17, 15) is 5.11 Å². The molecule has 282 valence electrons. The second kappa shape index (κ2) is 17.3. The van der Waals surface area contributed by atoms with E-state index in [1.165, 1.54) is 0 Å². The number of hydrogen-bond acceptors (Lipinski definition) is 11. The van der Waals surface area contributed by atoms with Crippen LogP contribution in [0, 0.1) is 12.8 Å². The second-order valence-corrected chi connectivity index (χ2v) is 14.4. The third-order valence-electron chi connectivity index (χ3n) is 10.3. The Labute approximate surface area is 313 Å². The number of piperidine rings is 1. The van der Waals surface area contributed by atoms with Crippen LogP contribution in [0.5, 0.6) is 11.5 Å². The van der Waals surface area contributed by atoms with Crippen LogP contribution in [0.2, 0.25) is 0 Å². The zero-order valence-electron chi connectivity index (χ0n) is 32.3. The molecule has 0 bridgehead atoms. The number of rotatable bonds is 16. The number of fused-ring (bicyclic) bond motifs is 1. The summed E-state index contributed by atoms with van der Waals surface area (Å²) < 4.78 is 12.6. The Balaban J connectivity index is 1.36. The maximum absolute atomic E-state index is 11.9. The summed E-state index contributed by atoms with van der Waals surface area (Å²) in [6.07, 6.45) is 6.62. The number of aryl methyl sites for hydroxylation is 1. The summed E-state index contributed by atoms with van der Waals surface area (Å²) in [6.45, 7) is 10.6. The number of nitrogens with one attached hydrogen (secondary N) is 1. The molecule has 0 saturated carbocycles. The minimum atomic E-state index is -1.00. The number of aliphatic hydroxyl groups is 1. The zero-order chi connectivity index (χ0) is 37.5. The summed E-state index contributed by atoms with van der Waals surface area (Å²) >= 11 is 0.